The fourth-order valence-electron chi connectivity index (χ4n) is 2.82. The largest absolute Gasteiger partial charge is 0.368 e. The summed E-state index contributed by atoms with van der Waals surface area (Å²) in [6.07, 6.45) is 3.83. The molecule has 2 N–H and O–H groups in total. The van der Waals surface area contributed by atoms with Crippen LogP contribution in [0.1, 0.15) is 50.1 Å². The first-order chi connectivity index (χ1) is 8.99. The van der Waals surface area contributed by atoms with E-state index in [0.29, 0.717) is 6.54 Å². The van der Waals surface area contributed by atoms with E-state index in [0.717, 1.165) is 49.2 Å². The smallest absolute Gasteiger partial charge is 0.237 e. The van der Waals surface area contributed by atoms with E-state index < -0.39 is 5.54 Å². The van der Waals surface area contributed by atoms with Crippen LogP contribution in [0.3, 0.4) is 0 Å². The number of aryl methyl sites for hydroxylation is 2. The number of piperidine rings is 1. The Hall–Kier alpha value is -1.36. The van der Waals surface area contributed by atoms with Gasteiger partial charge in [0.2, 0.25) is 5.91 Å². The Bertz CT molecular complexity index is 469. The Balaban J connectivity index is 2.25. The van der Waals surface area contributed by atoms with Crippen molar-refractivity contribution in [3.05, 3.63) is 17.0 Å². The number of primary amides is 1. The van der Waals surface area contributed by atoms with Crippen molar-refractivity contribution in [1.29, 1.82) is 0 Å². The van der Waals surface area contributed by atoms with Crippen molar-refractivity contribution in [3.63, 3.8) is 0 Å². The average Bonchev–Trinajstić information content (AvgIpc) is 2.73. The third-order valence-corrected chi connectivity index (χ3v) is 4.32. The van der Waals surface area contributed by atoms with E-state index >= 15 is 0 Å². The molecule has 0 aromatic carbocycles. The van der Waals surface area contributed by atoms with E-state index in [4.69, 9.17) is 10.3 Å². The second-order valence-electron chi connectivity index (χ2n) is 5.53. The van der Waals surface area contributed by atoms with Crippen LogP contribution >= 0.6 is 0 Å². The van der Waals surface area contributed by atoms with Crippen LogP contribution in [0.15, 0.2) is 4.52 Å². The van der Waals surface area contributed by atoms with E-state index in [9.17, 15) is 4.79 Å². The zero-order valence-corrected chi connectivity index (χ0v) is 12.0. The highest BCUT2D eigenvalue weighted by molar-refractivity contribution is 5.84. The van der Waals surface area contributed by atoms with Crippen molar-refractivity contribution < 1.29 is 9.32 Å². The lowest BCUT2D eigenvalue weighted by molar-refractivity contribution is -0.132. The van der Waals surface area contributed by atoms with E-state index in [1.807, 2.05) is 13.8 Å². The van der Waals surface area contributed by atoms with E-state index in [2.05, 4.69) is 17.0 Å². The molecular weight excluding hydrogens is 242 g/mol. The van der Waals surface area contributed by atoms with Crippen LogP contribution < -0.4 is 5.73 Å². The Labute approximate surface area is 114 Å². The number of aromatic nitrogens is 1. The van der Waals surface area contributed by atoms with Gasteiger partial charge < -0.3 is 10.3 Å². The molecule has 1 saturated heterocycles. The quantitative estimate of drug-likeness (QED) is 0.900. The lowest BCUT2D eigenvalue weighted by atomic mass is 9.87. The molecule has 0 saturated carbocycles. The summed E-state index contributed by atoms with van der Waals surface area (Å²) in [5.41, 5.74) is 7.15. The third kappa shape index (κ3) is 2.52. The lowest BCUT2D eigenvalue weighted by Gasteiger charge is -2.42. The summed E-state index contributed by atoms with van der Waals surface area (Å²) in [7, 11) is 0. The molecule has 1 unspecified atom stereocenters. The molecule has 1 aromatic heterocycles. The van der Waals surface area contributed by atoms with Gasteiger partial charge >= 0.3 is 0 Å². The van der Waals surface area contributed by atoms with Gasteiger partial charge in [-0.1, -0.05) is 12.1 Å². The van der Waals surface area contributed by atoms with Gasteiger partial charge in [0, 0.05) is 12.1 Å². The first-order valence-electron chi connectivity index (χ1n) is 6.98. The maximum Gasteiger partial charge on any atom is 0.237 e. The number of hydrogen-bond donors (Lipinski definition) is 1. The number of rotatable bonds is 4. The molecule has 106 valence electrons. The van der Waals surface area contributed by atoms with Crippen molar-refractivity contribution in [2.45, 2.75) is 58.5 Å². The molecule has 5 heteroatoms. The van der Waals surface area contributed by atoms with Crippen LogP contribution in [0, 0.1) is 6.92 Å². The summed E-state index contributed by atoms with van der Waals surface area (Å²) in [6.45, 7) is 7.52. The minimum absolute atomic E-state index is 0.237. The molecule has 1 fully saturated rings. The number of carbonyl (C=O) groups is 1. The lowest BCUT2D eigenvalue weighted by Crippen LogP contribution is -2.57. The number of carbonyl (C=O) groups excluding carboxylic acids is 1. The van der Waals surface area contributed by atoms with Crippen molar-refractivity contribution in [3.8, 4) is 0 Å². The molecule has 1 aliphatic heterocycles. The predicted octanol–water partition coefficient (Wildman–Crippen LogP) is 1.78. The predicted molar refractivity (Wildman–Crippen MR) is 72.5 cm³/mol. The van der Waals surface area contributed by atoms with Crippen LogP contribution in [0.5, 0.6) is 0 Å². The summed E-state index contributed by atoms with van der Waals surface area (Å²) < 4.78 is 5.26. The Morgan fingerprint density at radius 3 is 2.89 bits per heavy atom. The molecule has 1 amide bonds. The Morgan fingerprint density at radius 1 is 1.53 bits per heavy atom. The van der Waals surface area contributed by atoms with Crippen LogP contribution in [-0.4, -0.2) is 28.0 Å². The molecule has 5 nitrogen and oxygen atoms in total. The van der Waals surface area contributed by atoms with Gasteiger partial charge in [0.15, 0.2) is 0 Å². The van der Waals surface area contributed by atoms with Crippen LogP contribution in [0.2, 0.25) is 0 Å². The van der Waals surface area contributed by atoms with E-state index in [1.165, 1.54) is 0 Å². The van der Waals surface area contributed by atoms with Gasteiger partial charge in [-0.05, 0) is 46.1 Å². The molecular formula is C14H23N3O2. The van der Waals surface area contributed by atoms with Crippen molar-refractivity contribution in [2.75, 3.05) is 6.54 Å². The highest BCUT2D eigenvalue weighted by atomic mass is 16.5. The van der Waals surface area contributed by atoms with Gasteiger partial charge in [-0.25, -0.2) is 0 Å². The molecule has 19 heavy (non-hydrogen) atoms. The molecule has 1 aliphatic rings. The van der Waals surface area contributed by atoms with Crippen LogP contribution in [0.4, 0.5) is 0 Å². The molecule has 2 heterocycles. The first kappa shape index (κ1) is 14.1. The van der Waals surface area contributed by atoms with Gasteiger partial charge in [0.1, 0.15) is 5.76 Å². The standard InChI is InChI=1S/C14H23N3O2/c1-4-12-11(10(2)19-16-12)9-17-8-6-5-7-14(17,3)13(15)18/h4-9H2,1-3H3,(H2,15,18). The van der Waals surface area contributed by atoms with E-state index in [-0.39, 0.29) is 5.91 Å². The molecule has 0 aliphatic carbocycles. The summed E-state index contributed by atoms with van der Waals surface area (Å²) in [4.78, 5) is 14.0. The summed E-state index contributed by atoms with van der Waals surface area (Å²) in [5, 5.41) is 4.07. The van der Waals surface area contributed by atoms with Gasteiger partial charge in [-0.3, -0.25) is 9.69 Å². The van der Waals surface area contributed by atoms with Gasteiger partial charge in [-0.15, -0.1) is 0 Å². The fourth-order valence-corrected chi connectivity index (χ4v) is 2.82. The first-order valence-corrected chi connectivity index (χ1v) is 6.98. The minimum atomic E-state index is -0.549. The summed E-state index contributed by atoms with van der Waals surface area (Å²) >= 11 is 0. The van der Waals surface area contributed by atoms with E-state index in [1.54, 1.807) is 0 Å². The zero-order valence-electron chi connectivity index (χ0n) is 12.0. The fraction of sp³-hybridized carbons (Fsp3) is 0.714. The topological polar surface area (TPSA) is 72.4 Å². The molecule has 1 atom stereocenters. The summed E-state index contributed by atoms with van der Waals surface area (Å²) in [5.74, 6) is 0.605. The van der Waals surface area contributed by atoms with Crippen LogP contribution in [-0.2, 0) is 17.8 Å². The second kappa shape index (κ2) is 5.33. The van der Waals surface area contributed by atoms with Gasteiger partial charge in [0.25, 0.3) is 0 Å². The number of amides is 1. The maximum atomic E-state index is 11.8. The number of hydrogen-bond acceptors (Lipinski definition) is 4. The Kier molecular flexibility index (Phi) is 3.94. The highest BCUT2D eigenvalue weighted by Crippen LogP contribution is 2.30. The minimum Gasteiger partial charge on any atom is -0.368 e. The van der Waals surface area contributed by atoms with Gasteiger partial charge in [0.05, 0.1) is 11.2 Å². The van der Waals surface area contributed by atoms with Crippen molar-refractivity contribution in [1.82, 2.24) is 10.1 Å². The molecule has 0 radical (unpaired) electrons. The second-order valence-corrected chi connectivity index (χ2v) is 5.53. The number of nitrogens with zero attached hydrogens (tertiary/aromatic N) is 2. The third-order valence-electron chi connectivity index (χ3n) is 4.32. The van der Waals surface area contributed by atoms with Crippen LogP contribution in [0.25, 0.3) is 0 Å². The monoisotopic (exact) mass is 265 g/mol. The van der Waals surface area contributed by atoms with Gasteiger partial charge in [-0.2, -0.15) is 0 Å². The number of likely N-dealkylation sites (tertiary alicyclic amines) is 1. The normalized spacial score (nSPS) is 24.6. The molecule has 2 rings (SSSR count). The molecule has 0 spiro atoms. The van der Waals surface area contributed by atoms with Crippen molar-refractivity contribution >= 4 is 5.91 Å². The Morgan fingerprint density at radius 2 is 2.26 bits per heavy atom. The SMILES string of the molecule is CCc1noc(C)c1CN1CCCCC1(C)C(N)=O. The molecule has 1 aromatic rings. The zero-order chi connectivity index (χ0) is 14.0. The number of nitrogens with two attached hydrogens (primary N) is 1. The molecule has 0 bridgehead atoms. The summed E-state index contributed by atoms with van der Waals surface area (Å²) in [6, 6.07) is 0. The maximum absolute atomic E-state index is 11.8. The highest BCUT2D eigenvalue weighted by Gasteiger charge is 2.40. The van der Waals surface area contributed by atoms with Crippen molar-refractivity contribution in [2.24, 2.45) is 5.73 Å². The average molecular weight is 265 g/mol.